The standard InChI is InChI=1S/C10H20O5.C10H20O2.C9H18O/c1-10(2,3)4-5(11)7(13)9(15)8(14)6(4)12;1-10(2,3)7-4-8(11)6-9(12)5-7;1-9(2,3)7-5-4-6-8(7)10/h4-9,11-15H,1-3H3;7-9,11-12H,4-6H2,1-3H3;7-8,10H,4-6H2,1-3H3/t;;7-,8-/m..1/s1. The van der Waals surface area contributed by atoms with E-state index in [1.54, 1.807) is 20.8 Å². The lowest BCUT2D eigenvalue weighted by Crippen LogP contribution is -2.63. The fourth-order valence-corrected chi connectivity index (χ4v) is 6.17. The van der Waals surface area contributed by atoms with Crippen molar-refractivity contribution in [3.05, 3.63) is 0 Å². The highest BCUT2D eigenvalue weighted by Crippen LogP contribution is 2.40. The van der Waals surface area contributed by atoms with Gasteiger partial charge in [-0.15, -0.1) is 0 Å². The predicted octanol–water partition coefficient (Wildman–Crippen LogP) is 2.21. The molecule has 0 heterocycles. The third kappa shape index (κ3) is 9.98. The van der Waals surface area contributed by atoms with Crippen molar-refractivity contribution >= 4 is 0 Å². The van der Waals surface area contributed by atoms with Crippen molar-refractivity contribution in [2.45, 2.75) is 150 Å². The van der Waals surface area contributed by atoms with E-state index >= 15 is 0 Å². The first-order valence-electron chi connectivity index (χ1n) is 14.0. The van der Waals surface area contributed by atoms with Crippen LogP contribution in [0.15, 0.2) is 0 Å². The zero-order valence-electron chi connectivity index (χ0n) is 24.7. The second-order valence-corrected chi connectivity index (χ2v) is 14.9. The SMILES string of the molecule is CC(C)(C)C1C(O)C(O)C(O)C(O)C1O.CC(C)(C)C1CC(O)CC(O)C1.CC(C)(C)[C@@H]1CCC[C@H]1O. The summed E-state index contributed by atoms with van der Waals surface area (Å²) in [5.41, 5.74) is 0.0409. The molecule has 8 atom stereocenters. The monoisotopic (exact) mass is 534 g/mol. The van der Waals surface area contributed by atoms with Gasteiger partial charge in [-0.3, -0.25) is 0 Å². The van der Waals surface area contributed by atoms with Gasteiger partial charge in [0.05, 0.1) is 30.5 Å². The third-order valence-corrected chi connectivity index (χ3v) is 8.61. The zero-order chi connectivity index (χ0) is 29.1. The average Bonchev–Trinajstić information content (AvgIpc) is 3.16. The Bertz CT molecular complexity index is 638. The molecule has 8 nitrogen and oxygen atoms in total. The second-order valence-electron chi connectivity index (χ2n) is 14.9. The summed E-state index contributed by atoms with van der Waals surface area (Å²) in [5, 5.41) is 76.3. The molecule has 222 valence electrons. The van der Waals surface area contributed by atoms with Gasteiger partial charge in [0.15, 0.2) is 0 Å². The molecule has 0 aromatic carbocycles. The number of hydrogen-bond donors (Lipinski definition) is 8. The molecule has 0 bridgehead atoms. The van der Waals surface area contributed by atoms with Crippen LogP contribution in [0.2, 0.25) is 0 Å². The van der Waals surface area contributed by atoms with Crippen molar-refractivity contribution in [2.75, 3.05) is 0 Å². The van der Waals surface area contributed by atoms with E-state index in [0.717, 1.165) is 19.3 Å². The zero-order valence-corrected chi connectivity index (χ0v) is 24.7. The van der Waals surface area contributed by atoms with E-state index in [4.69, 9.17) is 0 Å². The molecule has 0 radical (unpaired) electrons. The van der Waals surface area contributed by atoms with E-state index < -0.39 is 41.9 Å². The maximum Gasteiger partial charge on any atom is 0.111 e. The van der Waals surface area contributed by atoms with Gasteiger partial charge in [-0.1, -0.05) is 68.7 Å². The van der Waals surface area contributed by atoms with Crippen LogP contribution < -0.4 is 0 Å². The highest BCUT2D eigenvalue weighted by Gasteiger charge is 2.52. The number of rotatable bonds is 0. The van der Waals surface area contributed by atoms with E-state index in [1.807, 2.05) is 0 Å². The van der Waals surface area contributed by atoms with Crippen molar-refractivity contribution in [2.24, 2.45) is 34.0 Å². The van der Waals surface area contributed by atoms with Gasteiger partial charge < -0.3 is 40.9 Å². The summed E-state index contributed by atoms with van der Waals surface area (Å²) < 4.78 is 0. The molecule has 6 unspecified atom stereocenters. The largest absolute Gasteiger partial charge is 0.393 e. The molecule has 3 saturated carbocycles. The quantitative estimate of drug-likeness (QED) is 0.235. The van der Waals surface area contributed by atoms with Gasteiger partial charge in [0.2, 0.25) is 0 Å². The minimum Gasteiger partial charge on any atom is -0.393 e. The third-order valence-electron chi connectivity index (χ3n) is 8.61. The van der Waals surface area contributed by atoms with Gasteiger partial charge in [-0.05, 0) is 60.2 Å². The van der Waals surface area contributed by atoms with Crippen molar-refractivity contribution in [1.29, 1.82) is 0 Å². The predicted molar refractivity (Wildman–Crippen MR) is 145 cm³/mol. The normalized spacial score (nSPS) is 41.3. The van der Waals surface area contributed by atoms with Gasteiger partial charge >= 0.3 is 0 Å². The van der Waals surface area contributed by atoms with E-state index in [2.05, 4.69) is 41.5 Å². The Morgan fingerprint density at radius 1 is 0.459 bits per heavy atom. The van der Waals surface area contributed by atoms with Gasteiger partial charge in [-0.2, -0.15) is 0 Å². The Morgan fingerprint density at radius 3 is 1.14 bits per heavy atom. The van der Waals surface area contributed by atoms with Crippen molar-refractivity contribution < 1.29 is 40.9 Å². The molecule has 37 heavy (non-hydrogen) atoms. The molecule has 0 saturated heterocycles. The smallest absolute Gasteiger partial charge is 0.111 e. The summed E-state index contributed by atoms with van der Waals surface area (Å²) in [6.07, 6.45) is -1.75. The van der Waals surface area contributed by atoms with Crippen molar-refractivity contribution in [3.8, 4) is 0 Å². The topological polar surface area (TPSA) is 162 Å². The molecular weight excluding hydrogens is 476 g/mol. The summed E-state index contributed by atoms with van der Waals surface area (Å²) in [6.45, 7) is 18.5. The molecule has 0 amide bonds. The van der Waals surface area contributed by atoms with Crippen LogP contribution in [0.25, 0.3) is 0 Å². The van der Waals surface area contributed by atoms with Gasteiger partial charge in [0.25, 0.3) is 0 Å². The molecule has 8 heteroatoms. The molecule has 0 aromatic rings. The summed E-state index contributed by atoms with van der Waals surface area (Å²) >= 11 is 0. The van der Waals surface area contributed by atoms with Crippen LogP contribution in [0, 0.1) is 34.0 Å². The maximum atomic E-state index is 9.75. The molecule has 0 spiro atoms. The van der Waals surface area contributed by atoms with E-state index in [0.29, 0.717) is 23.7 Å². The van der Waals surface area contributed by atoms with Gasteiger partial charge in [-0.25, -0.2) is 0 Å². The number of hydrogen-bond acceptors (Lipinski definition) is 8. The minimum atomic E-state index is -1.51. The van der Waals surface area contributed by atoms with Crippen molar-refractivity contribution in [3.63, 3.8) is 0 Å². The van der Waals surface area contributed by atoms with Gasteiger partial charge in [0.1, 0.15) is 18.3 Å². The molecule has 3 rings (SSSR count). The fourth-order valence-electron chi connectivity index (χ4n) is 6.17. The minimum absolute atomic E-state index is 0.0278. The first kappa shape index (κ1) is 34.7. The van der Waals surface area contributed by atoms with Crippen LogP contribution in [0.5, 0.6) is 0 Å². The fraction of sp³-hybridized carbons (Fsp3) is 1.00. The Kier molecular flexibility index (Phi) is 12.5. The lowest BCUT2D eigenvalue weighted by atomic mass is 9.66. The van der Waals surface area contributed by atoms with Crippen LogP contribution in [-0.4, -0.2) is 89.7 Å². The Morgan fingerprint density at radius 2 is 0.865 bits per heavy atom. The van der Waals surface area contributed by atoms with E-state index in [-0.39, 0.29) is 23.7 Å². The van der Waals surface area contributed by atoms with Crippen molar-refractivity contribution in [1.82, 2.24) is 0 Å². The molecule has 3 aliphatic carbocycles. The Labute approximate surface area is 224 Å². The maximum absolute atomic E-state index is 9.75. The highest BCUT2D eigenvalue weighted by molar-refractivity contribution is 5.01. The van der Waals surface area contributed by atoms with E-state index in [1.165, 1.54) is 12.8 Å². The highest BCUT2D eigenvalue weighted by atomic mass is 16.4. The summed E-state index contributed by atoms with van der Waals surface area (Å²) in [5.74, 6) is 0.314. The van der Waals surface area contributed by atoms with Crippen LogP contribution in [0.3, 0.4) is 0 Å². The molecule has 3 aliphatic rings. The Balaban J connectivity index is 0.000000283. The molecule has 3 fully saturated rings. The molecule has 0 aliphatic heterocycles. The summed E-state index contributed by atoms with van der Waals surface area (Å²) in [7, 11) is 0. The lowest BCUT2D eigenvalue weighted by Gasteiger charge is -2.47. The van der Waals surface area contributed by atoms with Crippen LogP contribution >= 0.6 is 0 Å². The lowest BCUT2D eigenvalue weighted by molar-refractivity contribution is -0.221. The van der Waals surface area contributed by atoms with Crippen LogP contribution in [-0.2, 0) is 0 Å². The summed E-state index contributed by atoms with van der Waals surface area (Å²) in [6, 6.07) is 0. The van der Waals surface area contributed by atoms with Crippen LogP contribution in [0.1, 0.15) is 101 Å². The summed E-state index contributed by atoms with van der Waals surface area (Å²) in [4.78, 5) is 0. The number of aliphatic hydroxyl groups is 8. The first-order valence-corrected chi connectivity index (χ1v) is 14.0. The Hall–Kier alpha value is -0.320. The molecular formula is C29H58O8. The van der Waals surface area contributed by atoms with Crippen LogP contribution in [0.4, 0.5) is 0 Å². The van der Waals surface area contributed by atoms with E-state index in [9.17, 15) is 40.9 Å². The number of aliphatic hydroxyl groups excluding tert-OH is 8. The first-order chi connectivity index (χ1) is 16.6. The second kappa shape index (κ2) is 13.4. The van der Waals surface area contributed by atoms with Gasteiger partial charge in [0, 0.05) is 5.92 Å². The molecule has 0 aromatic heterocycles. The average molecular weight is 535 g/mol. The molecule has 8 N–H and O–H groups in total.